The number of ether oxygens (including phenoxy) is 3. The molecule has 0 aliphatic heterocycles. The molecule has 0 saturated carbocycles. The van der Waals surface area contributed by atoms with Crippen molar-refractivity contribution in [3.05, 3.63) is 52.2 Å². The van der Waals surface area contributed by atoms with Crippen LogP contribution in [-0.2, 0) is 19.1 Å². The molecule has 0 bridgehead atoms. The highest BCUT2D eigenvalue weighted by atomic mass is 32.1. The third-order valence-electron chi connectivity index (χ3n) is 3.54. The summed E-state index contributed by atoms with van der Waals surface area (Å²) in [6, 6.07) is 7.57. The number of nitrogens with one attached hydrogen (secondary N) is 1. The number of primary amides is 1. The Labute approximate surface area is 165 Å². The summed E-state index contributed by atoms with van der Waals surface area (Å²) in [4.78, 5) is 35.7. The number of hydrogen-bond acceptors (Lipinski definition) is 7. The van der Waals surface area contributed by atoms with Crippen LogP contribution in [0.3, 0.4) is 0 Å². The minimum absolute atomic E-state index is 0.272. The Balaban J connectivity index is 2.08. The maximum Gasteiger partial charge on any atom is 0.333 e. The Morgan fingerprint density at radius 2 is 2.00 bits per heavy atom. The fourth-order valence-electron chi connectivity index (χ4n) is 2.24. The largest absolute Gasteiger partial charge is 0.493 e. The standard InChI is InChI=1S/C19H20N2O6S/c1-25-14-10-12(5-7-13(14)27-11-16(20)22)6-8-17(23)21-18(19(24)26-2)15-4-3-9-28-15/h3-10,18H,11H2,1-2H3,(H2,20,22)(H,21,23)/b8-6+/t18-/m0/s1. The number of nitrogens with two attached hydrogens (primary N) is 1. The van der Waals surface area contributed by atoms with Crippen molar-refractivity contribution in [2.75, 3.05) is 20.8 Å². The molecule has 1 atom stereocenters. The van der Waals surface area contributed by atoms with E-state index in [9.17, 15) is 14.4 Å². The lowest BCUT2D eigenvalue weighted by Crippen LogP contribution is -2.32. The lowest BCUT2D eigenvalue weighted by molar-refractivity contribution is -0.144. The second-order valence-corrected chi connectivity index (χ2v) is 6.46. The van der Waals surface area contributed by atoms with Crippen molar-refractivity contribution in [2.45, 2.75) is 6.04 Å². The minimum atomic E-state index is -0.874. The van der Waals surface area contributed by atoms with Crippen LogP contribution < -0.4 is 20.5 Å². The van der Waals surface area contributed by atoms with Gasteiger partial charge >= 0.3 is 5.97 Å². The summed E-state index contributed by atoms with van der Waals surface area (Å²) in [6.07, 6.45) is 2.85. The number of methoxy groups -OCH3 is 2. The van der Waals surface area contributed by atoms with Gasteiger partial charge in [0.15, 0.2) is 24.1 Å². The minimum Gasteiger partial charge on any atom is -0.493 e. The van der Waals surface area contributed by atoms with Crippen LogP contribution in [0.25, 0.3) is 6.08 Å². The number of thiophene rings is 1. The fraction of sp³-hybridized carbons (Fsp3) is 0.211. The third-order valence-corrected chi connectivity index (χ3v) is 4.47. The zero-order valence-electron chi connectivity index (χ0n) is 15.3. The first-order valence-corrected chi connectivity index (χ1v) is 9.01. The van der Waals surface area contributed by atoms with Gasteiger partial charge in [0.05, 0.1) is 14.2 Å². The first-order valence-electron chi connectivity index (χ1n) is 8.13. The van der Waals surface area contributed by atoms with Gasteiger partial charge in [-0.05, 0) is 35.2 Å². The van der Waals surface area contributed by atoms with Crippen LogP contribution >= 0.6 is 11.3 Å². The van der Waals surface area contributed by atoms with Crippen molar-refractivity contribution >= 4 is 35.2 Å². The maximum absolute atomic E-state index is 12.2. The van der Waals surface area contributed by atoms with Crippen molar-refractivity contribution < 1.29 is 28.6 Å². The van der Waals surface area contributed by atoms with Gasteiger partial charge in [-0.1, -0.05) is 12.1 Å². The van der Waals surface area contributed by atoms with Gasteiger partial charge < -0.3 is 25.3 Å². The highest BCUT2D eigenvalue weighted by Crippen LogP contribution is 2.28. The van der Waals surface area contributed by atoms with Crippen LogP contribution in [0.15, 0.2) is 41.8 Å². The summed E-state index contributed by atoms with van der Waals surface area (Å²) in [6.45, 7) is -0.272. The number of carbonyl (C=O) groups is 3. The number of hydrogen-bond donors (Lipinski definition) is 2. The van der Waals surface area contributed by atoms with Crippen LogP contribution in [0.1, 0.15) is 16.5 Å². The van der Waals surface area contributed by atoms with E-state index in [-0.39, 0.29) is 6.61 Å². The Morgan fingerprint density at radius 1 is 1.21 bits per heavy atom. The van der Waals surface area contributed by atoms with Crippen molar-refractivity contribution in [2.24, 2.45) is 5.73 Å². The molecule has 8 nitrogen and oxygen atoms in total. The van der Waals surface area contributed by atoms with Crippen LogP contribution in [0.4, 0.5) is 0 Å². The first kappa shape index (κ1) is 21.0. The molecule has 2 amide bonds. The lowest BCUT2D eigenvalue weighted by Gasteiger charge is -2.13. The second kappa shape index (κ2) is 10.1. The normalized spacial score (nSPS) is 11.6. The number of amides is 2. The van der Waals surface area contributed by atoms with E-state index in [4.69, 9.17) is 19.9 Å². The Kier molecular flexibility index (Phi) is 7.58. The molecule has 1 heterocycles. The summed E-state index contributed by atoms with van der Waals surface area (Å²) >= 11 is 1.34. The monoisotopic (exact) mass is 404 g/mol. The molecule has 0 aliphatic carbocycles. The molecule has 0 saturated heterocycles. The molecular weight excluding hydrogens is 384 g/mol. The molecule has 0 aliphatic rings. The molecule has 0 unspecified atom stereocenters. The molecule has 0 radical (unpaired) electrons. The van der Waals surface area contributed by atoms with Gasteiger partial charge in [-0.15, -0.1) is 11.3 Å². The van der Waals surface area contributed by atoms with E-state index < -0.39 is 23.8 Å². The van der Waals surface area contributed by atoms with Gasteiger partial charge in [-0.3, -0.25) is 9.59 Å². The molecule has 2 rings (SSSR count). The van der Waals surface area contributed by atoms with E-state index in [1.165, 1.54) is 31.6 Å². The summed E-state index contributed by atoms with van der Waals surface area (Å²) in [5.74, 6) is -0.881. The van der Waals surface area contributed by atoms with E-state index >= 15 is 0 Å². The number of esters is 1. The topological polar surface area (TPSA) is 117 Å². The molecule has 0 fully saturated rings. The number of carbonyl (C=O) groups excluding carboxylic acids is 3. The van der Waals surface area contributed by atoms with Crippen molar-refractivity contribution in [1.82, 2.24) is 5.32 Å². The average Bonchev–Trinajstić information content (AvgIpc) is 3.22. The summed E-state index contributed by atoms with van der Waals surface area (Å²) < 4.78 is 15.2. The van der Waals surface area contributed by atoms with Gasteiger partial charge in [-0.2, -0.15) is 0 Å². The first-order chi connectivity index (χ1) is 13.4. The number of benzene rings is 1. The maximum atomic E-state index is 12.2. The van der Waals surface area contributed by atoms with Gasteiger partial charge in [-0.25, -0.2) is 4.79 Å². The third kappa shape index (κ3) is 5.85. The Morgan fingerprint density at radius 3 is 2.61 bits per heavy atom. The molecule has 2 aromatic rings. The molecule has 0 spiro atoms. The summed E-state index contributed by atoms with van der Waals surface area (Å²) in [7, 11) is 2.72. The molecule has 1 aromatic heterocycles. The molecule has 28 heavy (non-hydrogen) atoms. The van der Waals surface area contributed by atoms with Gasteiger partial charge in [0.25, 0.3) is 5.91 Å². The van der Waals surface area contributed by atoms with Crippen LogP contribution in [0, 0.1) is 0 Å². The molecule has 9 heteroatoms. The summed E-state index contributed by atoms with van der Waals surface area (Å²) in [5, 5.41) is 4.42. The van der Waals surface area contributed by atoms with Crippen molar-refractivity contribution in [3.63, 3.8) is 0 Å². The van der Waals surface area contributed by atoms with Crippen molar-refractivity contribution in [3.8, 4) is 11.5 Å². The van der Waals surface area contributed by atoms with E-state index in [1.807, 2.05) is 0 Å². The van der Waals surface area contributed by atoms with Crippen LogP contribution in [-0.4, -0.2) is 38.6 Å². The van der Waals surface area contributed by atoms with Crippen LogP contribution in [0.5, 0.6) is 11.5 Å². The number of rotatable bonds is 9. The van der Waals surface area contributed by atoms with Gasteiger partial charge in [0.2, 0.25) is 5.91 Å². The zero-order chi connectivity index (χ0) is 20.5. The highest BCUT2D eigenvalue weighted by Gasteiger charge is 2.23. The van der Waals surface area contributed by atoms with E-state index in [0.29, 0.717) is 21.9 Å². The smallest absolute Gasteiger partial charge is 0.333 e. The van der Waals surface area contributed by atoms with Gasteiger partial charge in [0.1, 0.15) is 0 Å². The Hall–Kier alpha value is -3.33. The van der Waals surface area contributed by atoms with E-state index in [2.05, 4.69) is 5.32 Å². The van der Waals surface area contributed by atoms with Crippen molar-refractivity contribution in [1.29, 1.82) is 0 Å². The molecule has 3 N–H and O–H groups in total. The molecule has 1 aromatic carbocycles. The quantitative estimate of drug-likeness (QED) is 0.485. The van der Waals surface area contributed by atoms with E-state index in [0.717, 1.165) is 0 Å². The fourth-order valence-corrected chi connectivity index (χ4v) is 3.00. The zero-order valence-corrected chi connectivity index (χ0v) is 16.2. The Bertz CT molecular complexity index is 863. The highest BCUT2D eigenvalue weighted by molar-refractivity contribution is 7.10. The molecular formula is C19H20N2O6S. The lowest BCUT2D eigenvalue weighted by atomic mass is 10.2. The SMILES string of the molecule is COC(=O)[C@@H](NC(=O)/C=C/c1ccc(OCC(N)=O)c(OC)c1)c1cccs1. The van der Waals surface area contributed by atoms with Gasteiger partial charge in [0, 0.05) is 11.0 Å². The van der Waals surface area contributed by atoms with E-state index in [1.54, 1.807) is 41.8 Å². The average molecular weight is 404 g/mol. The van der Waals surface area contributed by atoms with Crippen LogP contribution in [0.2, 0.25) is 0 Å². The summed E-state index contributed by atoms with van der Waals surface area (Å²) in [5.41, 5.74) is 5.71. The second-order valence-electron chi connectivity index (χ2n) is 5.48. The molecule has 148 valence electrons. The predicted octanol–water partition coefficient (Wildman–Crippen LogP) is 1.66. The predicted molar refractivity (Wildman–Crippen MR) is 104 cm³/mol.